The lowest BCUT2D eigenvalue weighted by Crippen LogP contribution is -2.40. The molecule has 0 aliphatic carbocycles. The van der Waals surface area contributed by atoms with E-state index >= 15 is 0 Å². The van der Waals surface area contributed by atoms with Crippen molar-refractivity contribution in [2.24, 2.45) is 0 Å². The number of likely N-dealkylation sites (N-methyl/N-ethyl adjacent to an activating group) is 1. The quantitative estimate of drug-likeness (QED) is 0.773. The third kappa shape index (κ3) is 5.03. The molecule has 0 saturated carbocycles. The minimum atomic E-state index is 0.00758. The predicted molar refractivity (Wildman–Crippen MR) is 70.8 cm³/mol. The van der Waals surface area contributed by atoms with Crippen LogP contribution >= 0.6 is 0 Å². The first-order chi connectivity index (χ1) is 8.17. The average molecular weight is 238 g/mol. The molecule has 0 radical (unpaired) electrons. The van der Waals surface area contributed by atoms with Crippen molar-refractivity contribution in [2.75, 3.05) is 39.8 Å². The molecule has 98 valence electrons. The Balaban J connectivity index is 2.36. The number of rotatable bonds is 5. The van der Waals surface area contributed by atoms with Gasteiger partial charge in [-0.15, -0.1) is 0 Å². The summed E-state index contributed by atoms with van der Waals surface area (Å²) >= 11 is 0. The molecule has 0 amide bonds. The van der Waals surface area contributed by atoms with E-state index < -0.39 is 0 Å². The third-order valence-electron chi connectivity index (χ3n) is 3.50. The number of nitrogens with one attached hydrogen (secondary N) is 1. The fourth-order valence-corrected chi connectivity index (χ4v) is 2.51. The van der Waals surface area contributed by atoms with Crippen LogP contribution in [0, 0.1) is 11.3 Å². The maximum Gasteiger partial charge on any atom is 0.0965 e. The maximum atomic E-state index is 9.01. The van der Waals surface area contributed by atoms with Crippen LogP contribution in [0.15, 0.2) is 0 Å². The van der Waals surface area contributed by atoms with Crippen molar-refractivity contribution in [3.05, 3.63) is 0 Å². The first-order valence-electron chi connectivity index (χ1n) is 6.73. The molecule has 1 aliphatic heterocycles. The van der Waals surface area contributed by atoms with Crippen LogP contribution in [0.3, 0.4) is 0 Å². The Morgan fingerprint density at radius 1 is 1.47 bits per heavy atom. The van der Waals surface area contributed by atoms with E-state index in [2.05, 4.69) is 35.2 Å². The Kier molecular flexibility index (Phi) is 6.49. The molecule has 2 unspecified atom stereocenters. The Hall–Kier alpha value is -0.630. The Labute approximate surface area is 106 Å². The molecule has 1 saturated heterocycles. The summed E-state index contributed by atoms with van der Waals surface area (Å²) in [5, 5.41) is 12.2. The Bertz CT molecular complexity index is 248. The Morgan fingerprint density at radius 2 is 2.24 bits per heavy atom. The zero-order valence-corrected chi connectivity index (χ0v) is 11.4. The highest BCUT2D eigenvalue weighted by atomic mass is 15.2. The molecule has 0 aromatic heterocycles. The monoisotopic (exact) mass is 238 g/mol. The van der Waals surface area contributed by atoms with Crippen LogP contribution in [0.2, 0.25) is 0 Å². The van der Waals surface area contributed by atoms with Gasteiger partial charge in [-0.3, -0.25) is 4.90 Å². The molecule has 4 heteroatoms. The van der Waals surface area contributed by atoms with E-state index in [1.807, 2.05) is 6.92 Å². The van der Waals surface area contributed by atoms with Crippen molar-refractivity contribution in [1.82, 2.24) is 15.1 Å². The first-order valence-corrected chi connectivity index (χ1v) is 6.73. The van der Waals surface area contributed by atoms with Gasteiger partial charge in [0.2, 0.25) is 0 Å². The molecule has 4 nitrogen and oxygen atoms in total. The molecule has 1 N–H and O–H groups in total. The summed E-state index contributed by atoms with van der Waals surface area (Å²) in [6, 6.07) is 2.94. The lowest BCUT2D eigenvalue weighted by atomic mass is 10.2. The number of hydrogen-bond acceptors (Lipinski definition) is 4. The van der Waals surface area contributed by atoms with E-state index in [1.54, 1.807) is 0 Å². The van der Waals surface area contributed by atoms with Gasteiger partial charge in [0.25, 0.3) is 0 Å². The van der Waals surface area contributed by atoms with Crippen molar-refractivity contribution >= 4 is 0 Å². The van der Waals surface area contributed by atoms with Gasteiger partial charge in [-0.25, -0.2) is 0 Å². The smallest absolute Gasteiger partial charge is 0.0965 e. The molecule has 1 aliphatic rings. The van der Waals surface area contributed by atoms with Crippen molar-refractivity contribution in [3.63, 3.8) is 0 Å². The number of nitrogens with zero attached hydrogens (tertiary/aromatic N) is 3. The van der Waals surface area contributed by atoms with Gasteiger partial charge in [0.05, 0.1) is 12.1 Å². The van der Waals surface area contributed by atoms with Crippen LogP contribution in [-0.4, -0.2) is 61.7 Å². The van der Waals surface area contributed by atoms with E-state index in [0.717, 1.165) is 32.6 Å². The molecule has 2 atom stereocenters. The zero-order chi connectivity index (χ0) is 12.7. The summed E-state index contributed by atoms with van der Waals surface area (Å²) < 4.78 is 0. The minimum absolute atomic E-state index is 0.00758. The van der Waals surface area contributed by atoms with Gasteiger partial charge in [0.15, 0.2) is 0 Å². The fraction of sp³-hybridized carbons (Fsp3) is 0.923. The predicted octanol–water partition coefficient (Wildman–Crippen LogP) is 0.904. The van der Waals surface area contributed by atoms with Crippen LogP contribution in [0.4, 0.5) is 0 Å². The highest BCUT2D eigenvalue weighted by molar-refractivity contribution is 4.90. The lowest BCUT2D eigenvalue weighted by molar-refractivity contribution is 0.196. The van der Waals surface area contributed by atoms with Crippen LogP contribution in [0.25, 0.3) is 0 Å². The molecular weight excluding hydrogens is 212 g/mol. The molecule has 1 heterocycles. The largest absolute Gasteiger partial charge is 0.305 e. The molecular formula is C13H26N4. The summed E-state index contributed by atoms with van der Waals surface area (Å²) in [7, 11) is 2.19. The highest BCUT2D eigenvalue weighted by Gasteiger charge is 2.20. The normalized spacial score (nSPS) is 25.2. The third-order valence-corrected chi connectivity index (χ3v) is 3.50. The average Bonchev–Trinajstić information content (AvgIpc) is 2.46. The van der Waals surface area contributed by atoms with Gasteiger partial charge < -0.3 is 10.2 Å². The van der Waals surface area contributed by atoms with Crippen LogP contribution in [-0.2, 0) is 0 Å². The van der Waals surface area contributed by atoms with Gasteiger partial charge in [-0.2, -0.15) is 5.26 Å². The summed E-state index contributed by atoms with van der Waals surface area (Å²) in [6.07, 6.45) is 2.16. The SMILES string of the molecule is CCNC(C#N)CCN1CCCN(C)CC1C. The van der Waals surface area contributed by atoms with Crippen molar-refractivity contribution < 1.29 is 0 Å². The standard InChI is InChI=1S/C13H26N4/c1-4-15-13(10-14)6-9-17-8-5-7-16(3)11-12(17)2/h12-13,15H,4-9,11H2,1-3H3. The minimum Gasteiger partial charge on any atom is -0.305 e. The second kappa shape index (κ2) is 7.65. The van der Waals surface area contributed by atoms with Crippen LogP contribution in [0.1, 0.15) is 26.7 Å². The lowest BCUT2D eigenvalue weighted by Gasteiger charge is -2.28. The van der Waals surface area contributed by atoms with E-state index in [-0.39, 0.29) is 6.04 Å². The van der Waals surface area contributed by atoms with Crippen LogP contribution < -0.4 is 5.32 Å². The molecule has 1 fully saturated rings. The summed E-state index contributed by atoms with van der Waals surface area (Å²) in [5.41, 5.74) is 0. The van der Waals surface area contributed by atoms with E-state index in [9.17, 15) is 0 Å². The first kappa shape index (κ1) is 14.4. The molecule has 0 bridgehead atoms. The number of nitriles is 1. The van der Waals surface area contributed by atoms with Crippen molar-refractivity contribution in [3.8, 4) is 6.07 Å². The number of hydrogen-bond donors (Lipinski definition) is 1. The summed E-state index contributed by atoms with van der Waals surface area (Å²) in [5.74, 6) is 0. The molecule has 0 aromatic rings. The maximum absolute atomic E-state index is 9.01. The second-order valence-electron chi connectivity index (χ2n) is 5.03. The van der Waals surface area contributed by atoms with Gasteiger partial charge >= 0.3 is 0 Å². The summed E-state index contributed by atoms with van der Waals surface area (Å²) in [4.78, 5) is 4.92. The highest BCUT2D eigenvalue weighted by Crippen LogP contribution is 2.09. The van der Waals surface area contributed by atoms with E-state index in [0.29, 0.717) is 6.04 Å². The van der Waals surface area contributed by atoms with E-state index in [1.165, 1.54) is 13.0 Å². The molecule has 17 heavy (non-hydrogen) atoms. The van der Waals surface area contributed by atoms with Gasteiger partial charge in [0.1, 0.15) is 0 Å². The molecule has 1 rings (SSSR count). The molecule has 0 spiro atoms. The van der Waals surface area contributed by atoms with Gasteiger partial charge in [-0.1, -0.05) is 6.92 Å². The van der Waals surface area contributed by atoms with E-state index in [4.69, 9.17) is 5.26 Å². The fourth-order valence-electron chi connectivity index (χ4n) is 2.51. The topological polar surface area (TPSA) is 42.3 Å². The molecule has 0 aromatic carbocycles. The zero-order valence-electron chi connectivity index (χ0n) is 11.4. The van der Waals surface area contributed by atoms with Crippen LogP contribution in [0.5, 0.6) is 0 Å². The summed E-state index contributed by atoms with van der Waals surface area (Å²) in [6.45, 7) is 9.73. The van der Waals surface area contributed by atoms with Gasteiger partial charge in [0, 0.05) is 19.1 Å². The van der Waals surface area contributed by atoms with Crippen molar-refractivity contribution in [2.45, 2.75) is 38.8 Å². The second-order valence-corrected chi connectivity index (χ2v) is 5.03. The van der Waals surface area contributed by atoms with Crippen molar-refractivity contribution in [1.29, 1.82) is 5.26 Å². The van der Waals surface area contributed by atoms with Gasteiger partial charge in [-0.05, 0) is 46.4 Å². The Morgan fingerprint density at radius 3 is 2.88 bits per heavy atom.